The molecule has 0 spiro atoms. The predicted molar refractivity (Wildman–Crippen MR) is 176 cm³/mol. The van der Waals surface area contributed by atoms with Crippen LogP contribution in [0, 0.1) is 0 Å². The number of ketones is 1. The summed E-state index contributed by atoms with van der Waals surface area (Å²) in [5, 5.41) is 11.7. The molecule has 0 fully saturated rings. The Hall–Kier alpha value is -3.76. The van der Waals surface area contributed by atoms with Crippen molar-refractivity contribution in [3.05, 3.63) is 81.2 Å². The number of aromatic nitrogens is 1. The number of hydrogen-bond donors (Lipinski definition) is 2. The summed E-state index contributed by atoms with van der Waals surface area (Å²) in [6, 6.07) is 10.9. The van der Waals surface area contributed by atoms with Crippen LogP contribution >= 0.6 is 11.6 Å². The van der Waals surface area contributed by atoms with E-state index in [1.54, 1.807) is 25.1 Å². The van der Waals surface area contributed by atoms with E-state index in [4.69, 9.17) is 21.1 Å². The van der Waals surface area contributed by atoms with E-state index in [0.717, 1.165) is 0 Å². The van der Waals surface area contributed by atoms with Crippen LogP contribution in [0.25, 0.3) is 11.1 Å². The van der Waals surface area contributed by atoms with Gasteiger partial charge in [-0.3, -0.25) is 19.0 Å². The predicted octanol–water partition coefficient (Wildman–Crippen LogP) is 2.73. The molecule has 13 heteroatoms. The van der Waals surface area contributed by atoms with E-state index >= 15 is 0 Å². The number of carboxylic acid groups (broad SMARTS) is 1. The molecule has 3 aromatic rings. The first-order chi connectivity index (χ1) is 20.0. The first-order valence-corrected chi connectivity index (χ1v) is 14.4. The Bertz CT molecular complexity index is 1560. The van der Waals surface area contributed by atoms with Gasteiger partial charge >= 0.3 is 5.97 Å². The maximum absolute atomic E-state index is 13.7. The highest BCUT2D eigenvalue weighted by molar-refractivity contribution is 6.58. The van der Waals surface area contributed by atoms with Crippen LogP contribution < -0.4 is 15.6 Å². The number of hydrogen-bond acceptors (Lipinski definition) is 6. The molecule has 224 valence electrons. The third-order valence-electron chi connectivity index (χ3n) is 6.32. The quantitative estimate of drug-likeness (QED) is 0.241. The number of amides is 1. The molecule has 1 aromatic heterocycles. The maximum Gasteiger partial charge on any atom is 0.335 e. The number of nitrogens with zero attached hydrogens (tertiary/aromatic N) is 1. The minimum atomic E-state index is -1.09. The summed E-state index contributed by atoms with van der Waals surface area (Å²) in [4.78, 5) is 51.5. The van der Waals surface area contributed by atoms with E-state index in [1.165, 1.54) is 41.1 Å². The van der Waals surface area contributed by atoms with Crippen LogP contribution in [0.1, 0.15) is 67.3 Å². The van der Waals surface area contributed by atoms with Crippen molar-refractivity contribution in [1.82, 2.24) is 4.57 Å². The first kappa shape index (κ1) is 33.7. The van der Waals surface area contributed by atoms with Crippen LogP contribution in [0.5, 0.6) is 5.75 Å². The summed E-state index contributed by atoms with van der Waals surface area (Å²) in [6.07, 6.45) is 1.89. The zero-order valence-corrected chi connectivity index (χ0v) is 26.4. The Morgan fingerprint density at radius 1 is 1.02 bits per heavy atom. The summed E-state index contributed by atoms with van der Waals surface area (Å²) in [6.45, 7) is 7.60. The standard InChI is InChI=1S/C30H36B3ClN2O7/c1-5-24(37)20-11-8-18(34)14-21(20)22-15-26(38)36(16-25(22)43-30(31,32)33)23(12-13-42-29(2,3)4)27(39)35-19-9-6-17(7-10-19)28(40)41/h6-11,14-16,23H,5,12-13,31-33H2,1-4H3,(H,35,39)(H,40,41). The average Bonchev–Trinajstić information content (AvgIpc) is 2.90. The summed E-state index contributed by atoms with van der Waals surface area (Å²) in [5.41, 5.74) is 0.713. The number of rotatable bonds is 12. The number of carboxylic acids is 1. The minimum Gasteiger partial charge on any atom is -0.511 e. The average molecular weight is 605 g/mol. The molecule has 2 N–H and O–H groups in total. The van der Waals surface area contributed by atoms with Crippen molar-refractivity contribution in [2.75, 3.05) is 11.9 Å². The molecule has 1 heterocycles. The number of pyridine rings is 1. The number of ether oxygens (including phenoxy) is 2. The number of carbonyl (C=O) groups excluding carboxylic acids is 2. The van der Waals surface area contributed by atoms with Crippen molar-refractivity contribution in [3.8, 4) is 16.9 Å². The van der Waals surface area contributed by atoms with Gasteiger partial charge in [-0.25, -0.2) is 4.79 Å². The number of nitrogens with one attached hydrogen (secondary N) is 1. The Morgan fingerprint density at radius 3 is 2.23 bits per heavy atom. The Kier molecular flexibility index (Phi) is 10.7. The highest BCUT2D eigenvalue weighted by Crippen LogP contribution is 2.35. The minimum absolute atomic E-state index is 0.0749. The van der Waals surface area contributed by atoms with E-state index in [9.17, 15) is 24.3 Å². The van der Waals surface area contributed by atoms with Crippen molar-refractivity contribution in [2.24, 2.45) is 0 Å². The van der Waals surface area contributed by atoms with Crippen molar-refractivity contribution >= 4 is 58.5 Å². The van der Waals surface area contributed by atoms with Crippen molar-refractivity contribution < 1.29 is 29.0 Å². The lowest BCUT2D eigenvalue weighted by Crippen LogP contribution is -2.39. The van der Waals surface area contributed by atoms with E-state index in [2.05, 4.69) is 5.32 Å². The van der Waals surface area contributed by atoms with Crippen LogP contribution in [0.4, 0.5) is 5.69 Å². The third-order valence-corrected chi connectivity index (χ3v) is 6.55. The Balaban J connectivity index is 2.16. The number of anilines is 1. The monoisotopic (exact) mass is 604 g/mol. The number of Topliss-reactive ketones (excluding diaryl/α,β-unsaturated/α-hetero) is 1. The molecule has 43 heavy (non-hydrogen) atoms. The van der Waals surface area contributed by atoms with E-state index in [-0.39, 0.29) is 30.8 Å². The zero-order chi connectivity index (χ0) is 32.1. The lowest BCUT2D eigenvalue weighted by Gasteiger charge is -2.27. The molecule has 1 unspecified atom stereocenters. The Labute approximate surface area is 259 Å². The highest BCUT2D eigenvalue weighted by Gasteiger charge is 2.27. The molecule has 0 saturated heterocycles. The van der Waals surface area contributed by atoms with Gasteiger partial charge in [0.1, 0.15) is 35.3 Å². The second-order valence-electron chi connectivity index (χ2n) is 12.1. The van der Waals surface area contributed by atoms with Gasteiger partial charge in [-0.05, 0) is 68.8 Å². The van der Waals surface area contributed by atoms with Gasteiger partial charge in [-0.2, -0.15) is 0 Å². The molecular formula is C30H36B3ClN2O7. The number of benzene rings is 2. The van der Waals surface area contributed by atoms with Gasteiger partial charge in [-0.15, -0.1) is 0 Å². The third kappa shape index (κ3) is 9.37. The van der Waals surface area contributed by atoms with Gasteiger partial charge < -0.3 is 19.9 Å². The van der Waals surface area contributed by atoms with Crippen LogP contribution in [0.15, 0.2) is 59.5 Å². The molecule has 1 atom stereocenters. The topological polar surface area (TPSA) is 124 Å². The zero-order valence-electron chi connectivity index (χ0n) is 25.6. The van der Waals surface area contributed by atoms with Gasteiger partial charge in [0.05, 0.1) is 17.4 Å². The van der Waals surface area contributed by atoms with Crippen LogP contribution in [0.2, 0.25) is 5.02 Å². The molecular weight excluding hydrogens is 568 g/mol. The summed E-state index contributed by atoms with van der Waals surface area (Å²) in [5.74, 6) is -1.42. The largest absolute Gasteiger partial charge is 0.511 e. The molecule has 2 aromatic carbocycles. The molecule has 0 aliphatic carbocycles. The van der Waals surface area contributed by atoms with E-state index < -0.39 is 34.4 Å². The number of carbonyl (C=O) groups is 3. The van der Waals surface area contributed by atoms with E-state index in [1.807, 2.05) is 44.3 Å². The van der Waals surface area contributed by atoms with Crippen LogP contribution in [0.3, 0.4) is 0 Å². The van der Waals surface area contributed by atoms with Gasteiger partial charge in [0.15, 0.2) is 5.78 Å². The molecule has 1 amide bonds. The summed E-state index contributed by atoms with van der Waals surface area (Å²) >= 11 is 6.33. The molecule has 9 nitrogen and oxygen atoms in total. The van der Waals surface area contributed by atoms with Crippen molar-refractivity contribution in [2.45, 2.75) is 57.5 Å². The summed E-state index contributed by atoms with van der Waals surface area (Å²) in [7, 11) is 5.55. The molecule has 0 aliphatic rings. The number of halogens is 1. The van der Waals surface area contributed by atoms with E-state index in [0.29, 0.717) is 33.1 Å². The van der Waals surface area contributed by atoms with Crippen LogP contribution in [-0.4, -0.2) is 68.4 Å². The highest BCUT2D eigenvalue weighted by atomic mass is 35.5. The molecule has 0 bridgehead atoms. The Morgan fingerprint density at radius 2 is 1.67 bits per heavy atom. The van der Waals surface area contributed by atoms with Crippen molar-refractivity contribution in [3.63, 3.8) is 0 Å². The van der Waals surface area contributed by atoms with Gasteiger partial charge in [-0.1, -0.05) is 18.5 Å². The molecule has 3 rings (SSSR count). The smallest absolute Gasteiger partial charge is 0.335 e. The molecule has 0 radical (unpaired) electrons. The fourth-order valence-corrected chi connectivity index (χ4v) is 4.53. The normalized spacial score (nSPS) is 12.4. The molecule has 0 saturated carbocycles. The maximum atomic E-state index is 13.7. The SMILES string of the molecule is BC(B)(B)Oc1cn(C(CCOC(C)(C)C)C(=O)Nc2ccc(C(=O)O)cc2)c(=O)cc1-c1cc(Cl)ccc1C(=O)CC. The second-order valence-corrected chi connectivity index (χ2v) is 12.6. The molecule has 0 aliphatic heterocycles. The van der Waals surface area contributed by atoms with Gasteiger partial charge in [0.2, 0.25) is 5.91 Å². The number of aromatic carboxylic acids is 1. The first-order valence-electron chi connectivity index (χ1n) is 14.1. The van der Waals surface area contributed by atoms with Gasteiger partial charge in [0, 0.05) is 52.7 Å². The lowest BCUT2D eigenvalue weighted by molar-refractivity contribution is -0.120. The fourth-order valence-electron chi connectivity index (χ4n) is 4.36. The van der Waals surface area contributed by atoms with Crippen molar-refractivity contribution in [1.29, 1.82) is 0 Å². The lowest BCUT2D eigenvalue weighted by atomic mass is 9.52. The second kappa shape index (κ2) is 13.7. The fraction of sp³-hybridized carbons (Fsp3) is 0.333. The van der Waals surface area contributed by atoms with Crippen LogP contribution in [-0.2, 0) is 9.53 Å². The van der Waals surface area contributed by atoms with Gasteiger partial charge in [0.25, 0.3) is 5.56 Å². The summed E-state index contributed by atoms with van der Waals surface area (Å²) < 4.78 is 13.5.